The van der Waals surface area contributed by atoms with Crippen LogP contribution in [0.1, 0.15) is 34.7 Å². The predicted molar refractivity (Wildman–Crippen MR) is 80.7 cm³/mol. The SMILES string of the molecule is O=Cc1cc(C2CC2)c(-c2ccc(F)cc2)cc1OCC(F)(F)F. The van der Waals surface area contributed by atoms with E-state index in [-0.39, 0.29) is 17.2 Å². The monoisotopic (exact) mass is 338 g/mol. The molecule has 3 rings (SSSR count). The Morgan fingerprint density at radius 2 is 1.79 bits per heavy atom. The Hall–Kier alpha value is -2.37. The van der Waals surface area contributed by atoms with Crippen molar-refractivity contribution in [1.29, 1.82) is 0 Å². The Bertz CT molecular complexity index is 747. The smallest absolute Gasteiger partial charge is 0.422 e. The van der Waals surface area contributed by atoms with E-state index in [4.69, 9.17) is 4.74 Å². The van der Waals surface area contributed by atoms with Crippen molar-refractivity contribution in [3.05, 3.63) is 53.3 Å². The molecule has 0 radical (unpaired) electrons. The second kappa shape index (κ2) is 6.26. The molecule has 0 heterocycles. The van der Waals surface area contributed by atoms with E-state index in [1.165, 1.54) is 18.2 Å². The number of hydrogen-bond acceptors (Lipinski definition) is 2. The number of hydrogen-bond donors (Lipinski definition) is 0. The largest absolute Gasteiger partial charge is 0.483 e. The zero-order valence-corrected chi connectivity index (χ0v) is 12.6. The highest BCUT2D eigenvalue weighted by molar-refractivity contribution is 5.84. The predicted octanol–water partition coefficient (Wildman–Crippen LogP) is 5.12. The summed E-state index contributed by atoms with van der Waals surface area (Å²) in [5, 5.41) is 0. The maximum absolute atomic E-state index is 13.1. The van der Waals surface area contributed by atoms with Crippen molar-refractivity contribution in [2.75, 3.05) is 6.61 Å². The van der Waals surface area contributed by atoms with Crippen LogP contribution >= 0.6 is 0 Å². The third-order valence-corrected chi connectivity index (χ3v) is 3.87. The first-order valence-electron chi connectivity index (χ1n) is 7.46. The van der Waals surface area contributed by atoms with E-state index in [1.54, 1.807) is 18.2 Å². The molecule has 0 spiro atoms. The molecule has 126 valence electrons. The van der Waals surface area contributed by atoms with Crippen LogP contribution in [0.4, 0.5) is 17.6 Å². The van der Waals surface area contributed by atoms with Crippen LogP contribution in [0.25, 0.3) is 11.1 Å². The normalized spacial score (nSPS) is 14.5. The summed E-state index contributed by atoms with van der Waals surface area (Å²) >= 11 is 0. The Labute approximate surface area is 136 Å². The zero-order chi connectivity index (χ0) is 17.3. The highest BCUT2D eigenvalue weighted by Gasteiger charge is 2.31. The molecule has 0 N–H and O–H groups in total. The minimum Gasteiger partial charge on any atom is -0.483 e. The molecule has 0 atom stereocenters. The summed E-state index contributed by atoms with van der Waals surface area (Å²) < 4.78 is 55.2. The molecule has 2 aromatic rings. The quantitative estimate of drug-likeness (QED) is 0.558. The van der Waals surface area contributed by atoms with Gasteiger partial charge in [-0.3, -0.25) is 4.79 Å². The second-order valence-electron chi connectivity index (χ2n) is 5.78. The first kappa shape index (κ1) is 16.5. The average molecular weight is 338 g/mol. The van der Waals surface area contributed by atoms with Crippen LogP contribution in [0.15, 0.2) is 36.4 Å². The minimum absolute atomic E-state index is 0.0898. The molecule has 6 heteroatoms. The lowest BCUT2D eigenvalue weighted by atomic mass is 9.94. The topological polar surface area (TPSA) is 26.3 Å². The van der Waals surface area contributed by atoms with Gasteiger partial charge >= 0.3 is 6.18 Å². The van der Waals surface area contributed by atoms with Gasteiger partial charge in [0.25, 0.3) is 0 Å². The van der Waals surface area contributed by atoms with Gasteiger partial charge in [0.1, 0.15) is 11.6 Å². The maximum atomic E-state index is 13.1. The summed E-state index contributed by atoms with van der Waals surface area (Å²) in [5.41, 5.74) is 2.31. The molecule has 2 nitrogen and oxygen atoms in total. The first-order chi connectivity index (χ1) is 11.4. The number of rotatable bonds is 5. The van der Waals surface area contributed by atoms with Crippen LogP contribution in [0.2, 0.25) is 0 Å². The molecule has 0 aromatic heterocycles. The number of alkyl halides is 3. The third-order valence-electron chi connectivity index (χ3n) is 3.87. The van der Waals surface area contributed by atoms with Crippen molar-refractivity contribution in [2.24, 2.45) is 0 Å². The summed E-state index contributed by atoms with van der Waals surface area (Å²) in [6, 6.07) is 8.71. The van der Waals surface area contributed by atoms with Crippen molar-refractivity contribution >= 4 is 6.29 Å². The molecular formula is C18H14F4O2. The van der Waals surface area contributed by atoms with Crippen molar-refractivity contribution in [2.45, 2.75) is 24.9 Å². The van der Waals surface area contributed by atoms with Gasteiger partial charge in [0.15, 0.2) is 12.9 Å². The fourth-order valence-corrected chi connectivity index (χ4v) is 2.60. The van der Waals surface area contributed by atoms with E-state index in [1.807, 2.05) is 0 Å². The summed E-state index contributed by atoms with van der Waals surface area (Å²) in [6.45, 7) is -1.47. The fourth-order valence-electron chi connectivity index (χ4n) is 2.60. The van der Waals surface area contributed by atoms with E-state index in [9.17, 15) is 22.4 Å². The lowest BCUT2D eigenvalue weighted by Crippen LogP contribution is -2.19. The standard InChI is InChI=1S/C18H14F4O2/c19-14-5-3-12(4-6-14)16-8-17(24-10-18(20,21)22)13(9-23)7-15(16)11-1-2-11/h3-9,11H,1-2,10H2. The molecule has 1 saturated carbocycles. The number of carbonyl (C=O) groups is 1. The van der Waals surface area contributed by atoms with Crippen LogP contribution in [-0.2, 0) is 0 Å². The maximum Gasteiger partial charge on any atom is 0.422 e. The van der Waals surface area contributed by atoms with Gasteiger partial charge in [-0.25, -0.2) is 4.39 Å². The van der Waals surface area contributed by atoms with E-state index in [2.05, 4.69) is 0 Å². The minimum atomic E-state index is -4.49. The van der Waals surface area contributed by atoms with Crippen molar-refractivity contribution in [3.63, 3.8) is 0 Å². The van der Waals surface area contributed by atoms with Crippen LogP contribution < -0.4 is 4.74 Å². The van der Waals surface area contributed by atoms with Gasteiger partial charge in [-0.1, -0.05) is 12.1 Å². The lowest BCUT2D eigenvalue weighted by Gasteiger charge is -2.16. The molecule has 0 amide bonds. The molecule has 0 saturated heterocycles. The highest BCUT2D eigenvalue weighted by Crippen LogP contribution is 2.46. The Balaban J connectivity index is 2.04. The average Bonchev–Trinajstić information content (AvgIpc) is 3.37. The zero-order valence-electron chi connectivity index (χ0n) is 12.6. The molecule has 0 unspecified atom stereocenters. The highest BCUT2D eigenvalue weighted by atomic mass is 19.4. The number of benzene rings is 2. The van der Waals surface area contributed by atoms with Crippen LogP contribution in [0, 0.1) is 5.82 Å². The molecular weight excluding hydrogens is 324 g/mol. The molecule has 24 heavy (non-hydrogen) atoms. The van der Waals surface area contributed by atoms with Crippen molar-refractivity contribution < 1.29 is 27.1 Å². The summed E-state index contributed by atoms with van der Waals surface area (Å²) in [5.74, 6) is -0.253. The van der Waals surface area contributed by atoms with Crippen molar-refractivity contribution in [1.82, 2.24) is 0 Å². The summed E-state index contributed by atoms with van der Waals surface area (Å²) in [7, 11) is 0. The van der Waals surface area contributed by atoms with Gasteiger partial charge in [0, 0.05) is 0 Å². The molecule has 0 aliphatic heterocycles. The Kier molecular flexibility index (Phi) is 4.30. The van der Waals surface area contributed by atoms with Gasteiger partial charge in [0.2, 0.25) is 0 Å². The molecule has 0 bridgehead atoms. The number of ether oxygens (including phenoxy) is 1. The van der Waals surface area contributed by atoms with Crippen LogP contribution in [0.5, 0.6) is 5.75 Å². The van der Waals surface area contributed by atoms with Gasteiger partial charge in [-0.05, 0) is 59.7 Å². The van der Waals surface area contributed by atoms with Crippen LogP contribution in [0.3, 0.4) is 0 Å². The van der Waals surface area contributed by atoms with E-state index in [0.717, 1.165) is 18.4 Å². The molecule has 1 fully saturated rings. The van der Waals surface area contributed by atoms with Gasteiger partial charge < -0.3 is 4.74 Å². The molecule has 2 aromatic carbocycles. The third kappa shape index (κ3) is 3.75. The summed E-state index contributed by atoms with van der Waals surface area (Å²) in [6.07, 6.45) is -2.10. The number of halogens is 4. The second-order valence-corrected chi connectivity index (χ2v) is 5.78. The Morgan fingerprint density at radius 3 is 2.33 bits per heavy atom. The molecule has 1 aliphatic carbocycles. The Morgan fingerprint density at radius 1 is 1.12 bits per heavy atom. The van der Waals surface area contributed by atoms with E-state index >= 15 is 0 Å². The van der Waals surface area contributed by atoms with Gasteiger partial charge in [-0.15, -0.1) is 0 Å². The van der Waals surface area contributed by atoms with E-state index in [0.29, 0.717) is 17.4 Å². The lowest BCUT2D eigenvalue weighted by molar-refractivity contribution is -0.153. The molecule has 1 aliphatic rings. The first-order valence-corrected chi connectivity index (χ1v) is 7.46. The van der Waals surface area contributed by atoms with Gasteiger partial charge in [0.05, 0.1) is 5.56 Å². The van der Waals surface area contributed by atoms with Crippen LogP contribution in [-0.4, -0.2) is 19.1 Å². The fraction of sp³-hybridized carbons (Fsp3) is 0.278. The van der Waals surface area contributed by atoms with E-state index < -0.39 is 18.6 Å². The van der Waals surface area contributed by atoms with Crippen molar-refractivity contribution in [3.8, 4) is 16.9 Å². The number of aldehydes is 1. The number of carbonyl (C=O) groups excluding carboxylic acids is 1. The summed E-state index contributed by atoms with van der Waals surface area (Å²) in [4.78, 5) is 11.2. The van der Waals surface area contributed by atoms with Gasteiger partial charge in [-0.2, -0.15) is 13.2 Å².